The van der Waals surface area contributed by atoms with Gasteiger partial charge in [-0.05, 0) is 32.0 Å². The van der Waals surface area contributed by atoms with Crippen molar-refractivity contribution in [3.63, 3.8) is 0 Å². The van der Waals surface area contributed by atoms with Crippen LogP contribution in [0.3, 0.4) is 0 Å². The van der Waals surface area contributed by atoms with Crippen LogP contribution >= 0.6 is 15.9 Å². The van der Waals surface area contributed by atoms with Gasteiger partial charge in [0, 0.05) is 16.2 Å². The summed E-state index contributed by atoms with van der Waals surface area (Å²) in [5, 5.41) is 11.5. The molecular weight excluding hydrogens is 286 g/mol. The van der Waals surface area contributed by atoms with E-state index < -0.39 is 5.97 Å². The Morgan fingerprint density at radius 3 is 2.47 bits per heavy atom. The Balaban J connectivity index is 2.96. The van der Waals surface area contributed by atoms with Crippen LogP contribution in [-0.4, -0.2) is 17.0 Å². The number of hydrogen-bond acceptors (Lipinski definition) is 2. The number of nitrogens with one attached hydrogen (secondary N) is 1. The summed E-state index contributed by atoms with van der Waals surface area (Å²) in [6, 6.07) is 4.52. The van der Waals surface area contributed by atoms with Crippen molar-refractivity contribution in [2.24, 2.45) is 0 Å². The molecule has 0 spiro atoms. The van der Waals surface area contributed by atoms with Crippen molar-refractivity contribution in [2.75, 3.05) is 5.32 Å². The van der Waals surface area contributed by atoms with Gasteiger partial charge in [0.1, 0.15) is 0 Å². The van der Waals surface area contributed by atoms with E-state index >= 15 is 0 Å². The van der Waals surface area contributed by atoms with Gasteiger partial charge in [-0.2, -0.15) is 0 Å². The quantitative estimate of drug-likeness (QED) is 0.843. The molecule has 0 heterocycles. The van der Waals surface area contributed by atoms with E-state index in [9.17, 15) is 9.59 Å². The zero-order valence-corrected chi connectivity index (χ0v) is 11.0. The fourth-order valence-electron chi connectivity index (χ4n) is 1.23. The zero-order chi connectivity index (χ0) is 13.0. The first-order valence-electron chi connectivity index (χ1n) is 4.88. The van der Waals surface area contributed by atoms with Crippen LogP contribution in [0.1, 0.15) is 24.2 Å². The average molecular weight is 298 g/mol. The minimum Gasteiger partial charge on any atom is -0.478 e. The molecule has 1 aromatic carbocycles. The molecule has 0 radical (unpaired) electrons. The van der Waals surface area contributed by atoms with E-state index in [1.165, 1.54) is 18.2 Å². The van der Waals surface area contributed by atoms with Crippen LogP contribution in [0.15, 0.2) is 34.3 Å². The number of halogens is 1. The van der Waals surface area contributed by atoms with Crippen LogP contribution < -0.4 is 5.32 Å². The van der Waals surface area contributed by atoms with Gasteiger partial charge in [0.05, 0.1) is 5.56 Å². The van der Waals surface area contributed by atoms with E-state index in [-0.39, 0.29) is 11.5 Å². The third-order valence-corrected chi connectivity index (χ3v) is 2.29. The maximum atomic E-state index is 11.5. The van der Waals surface area contributed by atoms with Crippen molar-refractivity contribution in [3.8, 4) is 0 Å². The molecule has 4 nitrogen and oxygen atoms in total. The van der Waals surface area contributed by atoms with Gasteiger partial charge in [-0.3, -0.25) is 4.79 Å². The Morgan fingerprint density at radius 2 is 1.94 bits per heavy atom. The lowest BCUT2D eigenvalue weighted by atomic mass is 10.2. The molecule has 90 valence electrons. The Hall–Kier alpha value is -1.62. The second-order valence-corrected chi connectivity index (χ2v) is 4.66. The normalized spacial score (nSPS) is 9.59. The Labute approximate surface area is 107 Å². The van der Waals surface area contributed by atoms with Gasteiger partial charge in [0.15, 0.2) is 0 Å². The first-order valence-corrected chi connectivity index (χ1v) is 5.67. The van der Waals surface area contributed by atoms with Crippen molar-refractivity contribution in [1.82, 2.24) is 0 Å². The van der Waals surface area contributed by atoms with Crippen molar-refractivity contribution in [1.29, 1.82) is 0 Å². The maximum absolute atomic E-state index is 11.5. The molecule has 0 aliphatic heterocycles. The van der Waals surface area contributed by atoms with Crippen molar-refractivity contribution in [2.45, 2.75) is 13.8 Å². The monoisotopic (exact) mass is 297 g/mol. The molecule has 0 atom stereocenters. The number of carbonyl (C=O) groups excluding carboxylic acids is 1. The van der Waals surface area contributed by atoms with Crippen LogP contribution in [0.5, 0.6) is 0 Å². The number of hydrogen-bond donors (Lipinski definition) is 2. The number of carboxylic acid groups (broad SMARTS) is 1. The summed E-state index contributed by atoms with van der Waals surface area (Å²) >= 11 is 3.19. The van der Waals surface area contributed by atoms with Gasteiger partial charge in [0.25, 0.3) is 0 Å². The summed E-state index contributed by atoms with van der Waals surface area (Å²) < 4.78 is 0.602. The van der Waals surface area contributed by atoms with Crippen LogP contribution in [0.2, 0.25) is 0 Å². The van der Waals surface area contributed by atoms with E-state index in [1.54, 1.807) is 6.07 Å². The number of benzene rings is 1. The van der Waals surface area contributed by atoms with Gasteiger partial charge in [-0.1, -0.05) is 21.5 Å². The first kappa shape index (κ1) is 13.4. The summed E-state index contributed by atoms with van der Waals surface area (Å²) in [6.45, 7) is 3.62. The SMILES string of the molecule is CC(C)=CC(=O)Nc1cc(Br)cc(C(=O)O)c1. The molecular formula is C12H12BrNO3. The molecule has 5 heteroatoms. The number of rotatable bonds is 3. The largest absolute Gasteiger partial charge is 0.478 e. The second kappa shape index (κ2) is 5.63. The number of amides is 1. The predicted octanol–water partition coefficient (Wildman–Crippen LogP) is 3.05. The van der Waals surface area contributed by atoms with Crippen LogP contribution in [0.4, 0.5) is 5.69 Å². The van der Waals surface area contributed by atoms with E-state index in [2.05, 4.69) is 21.2 Å². The van der Waals surface area contributed by atoms with Crippen molar-refractivity contribution < 1.29 is 14.7 Å². The molecule has 0 fully saturated rings. The third kappa shape index (κ3) is 4.40. The highest BCUT2D eigenvalue weighted by atomic mass is 79.9. The lowest BCUT2D eigenvalue weighted by Crippen LogP contribution is -2.09. The number of anilines is 1. The molecule has 0 bridgehead atoms. The Morgan fingerprint density at radius 1 is 1.29 bits per heavy atom. The van der Waals surface area contributed by atoms with E-state index in [1.807, 2.05) is 13.8 Å². The molecule has 0 saturated carbocycles. The zero-order valence-electron chi connectivity index (χ0n) is 9.45. The number of aromatic carboxylic acids is 1. The van der Waals surface area contributed by atoms with Crippen LogP contribution in [0, 0.1) is 0 Å². The second-order valence-electron chi connectivity index (χ2n) is 3.74. The maximum Gasteiger partial charge on any atom is 0.335 e. The predicted molar refractivity (Wildman–Crippen MR) is 69.2 cm³/mol. The van der Waals surface area contributed by atoms with E-state index in [4.69, 9.17) is 5.11 Å². The molecule has 0 aliphatic carbocycles. The fourth-order valence-corrected chi connectivity index (χ4v) is 1.72. The summed E-state index contributed by atoms with van der Waals surface area (Å²) in [5.41, 5.74) is 1.43. The minimum atomic E-state index is -1.04. The van der Waals surface area contributed by atoms with Gasteiger partial charge in [-0.15, -0.1) is 0 Å². The summed E-state index contributed by atoms with van der Waals surface area (Å²) in [7, 11) is 0. The highest BCUT2D eigenvalue weighted by molar-refractivity contribution is 9.10. The van der Waals surface area contributed by atoms with Crippen LogP contribution in [-0.2, 0) is 4.79 Å². The highest BCUT2D eigenvalue weighted by Crippen LogP contribution is 2.19. The van der Waals surface area contributed by atoms with Gasteiger partial charge in [-0.25, -0.2) is 4.79 Å². The van der Waals surface area contributed by atoms with E-state index in [0.29, 0.717) is 10.2 Å². The number of carbonyl (C=O) groups is 2. The van der Waals surface area contributed by atoms with Crippen LogP contribution in [0.25, 0.3) is 0 Å². The third-order valence-electron chi connectivity index (χ3n) is 1.83. The topological polar surface area (TPSA) is 66.4 Å². The summed E-state index contributed by atoms with van der Waals surface area (Å²) in [5.74, 6) is -1.32. The van der Waals surface area contributed by atoms with Crippen molar-refractivity contribution in [3.05, 3.63) is 39.9 Å². The minimum absolute atomic E-state index is 0.117. The van der Waals surface area contributed by atoms with Gasteiger partial charge >= 0.3 is 5.97 Å². The number of carboxylic acids is 1. The molecule has 1 rings (SSSR count). The lowest BCUT2D eigenvalue weighted by Gasteiger charge is -2.05. The van der Waals surface area contributed by atoms with Gasteiger partial charge < -0.3 is 10.4 Å². The summed E-state index contributed by atoms with van der Waals surface area (Å²) in [4.78, 5) is 22.3. The Kier molecular flexibility index (Phi) is 4.45. The fraction of sp³-hybridized carbons (Fsp3) is 0.167. The molecule has 0 unspecified atom stereocenters. The molecule has 1 amide bonds. The molecule has 0 saturated heterocycles. The summed E-state index contributed by atoms with van der Waals surface area (Å²) in [6.07, 6.45) is 1.45. The smallest absolute Gasteiger partial charge is 0.335 e. The van der Waals surface area contributed by atoms with E-state index in [0.717, 1.165) is 5.57 Å². The first-order chi connectivity index (χ1) is 7.88. The molecule has 17 heavy (non-hydrogen) atoms. The standard InChI is InChI=1S/C12H12BrNO3/c1-7(2)3-11(15)14-10-5-8(12(16)17)4-9(13)6-10/h3-6H,1-2H3,(H,14,15)(H,16,17). The molecule has 0 aliphatic rings. The number of allylic oxidation sites excluding steroid dienone is 1. The molecule has 0 aromatic heterocycles. The average Bonchev–Trinajstić information content (AvgIpc) is 2.14. The molecule has 2 N–H and O–H groups in total. The lowest BCUT2D eigenvalue weighted by molar-refractivity contribution is -0.111. The van der Waals surface area contributed by atoms with Crippen molar-refractivity contribution >= 4 is 33.5 Å². The highest BCUT2D eigenvalue weighted by Gasteiger charge is 2.07. The van der Waals surface area contributed by atoms with Gasteiger partial charge in [0.2, 0.25) is 5.91 Å². The molecule has 1 aromatic rings. The Bertz CT molecular complexity index is 491.